The predicted molar refractivity (Wildman–Crippen MR) is 111 cm³/mol. The standard InChI is InChI=1S/C23H22N4O2/c1-14(2)28-18-11-9-16(10-12-18)20-19(13-24)22(25)27(17-7-5-4-6-8-17)23-21(20)26-15(3)29-23/h4-12,14,20H,25H2,1-3H3/t20-/m1/s1. The molecule has 29 heavy (non-hydrogen) atoms. The lowest BCUT2D eigenvalue weighted by Gasteiger charge is -2.31. The average molecular weight is 386 g/mol. The van der Waals surface area contributed by atoms with Gasteiger partial charge in [-0.05, 0) is 43.7 Å². The Bertz CT molecular complexity index is 1090. The number of benzene rings is 2. The van der Waals surface area contributed by atoms with Crippen LogP contribution in [0.2, 0.25) is 0 Å². The zero-order valence-electron chi connectivity index (χ0n) is 16.6. The van der Waals surface area contributed by atoms with Crippen LogP contribution in [0, 0.1) is 18.3 Å². The Morgan fingerprint density at radius 1 is 1.14 bits per heavy atom. The van der Waals surface area contributed by atoms with Gasteiger partial charge in [-0.3, -0.25) is 4.90 Å². The summed E-state index contributed by atoms with van der Waals surface area (Å²) in [7, 11) is 0. The molecule has 0 radical (unpaired) electrons. The molecule has 2 heterocycles. The molecule has 3 aromatic rings. The molecule has 2 N–H and O–H groups in total. The van der Waals surface area contributed by atoms with Crippen molar-refractivity contribution in [3.8, 4) is 11.8 Å². The fraction of sp³-hybridized carbons (Fsp3) is 0.217. The Kier molecular flexibility index (Phi) is 4.73. The fourth-order valence-electron chi connectivity index (χ4n) is 3.59. The van der Waals surface area contributed by atoms with Gasteiger partial charge in [-0.15, -0.1) is 0 Å². The van der Waals surface area contributed by atoms with Crippen molar-refractivity contribution in [2.45, 2.75) is 32.8 Å². The van der Waals surface area contributed by atoms with Crippen LogP contribution in [-0.4, -0.2) is 11.1 Å². The molecule has 1 aliphatic heterocycles. The van der Waals surface area contributed by atoms with Crippen LogP contribution in [0.5, 0.6) is 5.75 Å². The maximum absolute atomic E-state index is 9.97. The molecule has 0 bridgehead atoms. The average Bonchev–Trinajstić information content (AvgIpc) is 3.08. The molecule has 0 unspecified atom stereocenters. The van der Waals surface area contributed by atoms with Crippen molar-refractivity contribution in [2.75, 3.05) is 4.90 Å². The zero-order valence-corrected chi connectivity index (χ0v) is 16.6. The van der Waals surface area contributed by atoms with E-state index >= 15 is 0 Å². The summed E-state index contributed by atoms with van der Waals surface area (Å²) in [5, 5.41) is 9.97. The number of hydrogen-bond donors (Lipinski definition) is 1. The van der Waals surface area contributed by atoms with E-state index in [1.807, 2.05) is 68.4 Å². The van der Waals surface area contributed by atoms with Gasteiger partial charge in [0.2, 0.25) is 5.88 Å². The van der Waals surface area contributed by atoms with Crippen LogP contribution in [-0.2, 0) is 0 Å². The summed E-state index contributed by atoms with van der Waals surface area (Å²) in [5.41, 5.74) is 9.32. The van der Waals surface area contributed by atoms with E-state index in [9.17, 15) is 5.26 Å². The minimum absolute atomic E-state index is 0.0879. The number of anilines is 2. The van der Waals surface area contributed by atoms with E-state index in [1.165, 1.54) is 0 Å². The van der Waals surface area contributed by atoms with E-state index < -0.39 is 5.92 Å². The predicted octanol–water partition coefficient (Wildman–Crippen LogP) is 4.75. The van der Waals surface area contributed by atoms with Crippen molar-refractivity contribution in [2.24, 2.45) is 5.73 Å². The summed E-state index contributed by atoms with van der Waals surface area (Å²) < 4.78 is 11.7. The topological polar surface area (TPSA) is 88.3 Å². The third-order valence-electron chi connectivity index (χ3n) is 4.74. The van der Waals surface area contributed by atoms with Gasteiger partial charge in [0.15, 0.2) is 5.89 Å². The van der Waals surface area contributed by atoms with Gasteiger partial charge in [-0.1, -0.05) is 30.3 Å². The van der Waals surface area contributed by atoms with Crippen LogP contribution < -0.4 is 15.4 Å². The molecule has 0 saturated carbocycles. The maximum Gasteiger partial charge on any atom is 0.230 e. The highest BCUT2D eigenvalue weighted by atomic mass is 16.5. The molecule has 0 spiro atoms. The van der Waals surface area contributed by atoms with Crippen molar-refractivity contribution in [3.05, 3.63) is 83.1 Å². The molecule has 1 aliphatic rings. The van der Waals surface area contributed by atoms with E-state index in [1.54, 1.807) is 11.8 Å². The lowest BCUT2D eigenvalue weighted by molar-refractivity contribution is 0.242. The molecule has 6 nitrogen and oxygen atoms in total. The Labute approximate surface area is 169 Å². The second-order valence-electron chi connectivity index (χ2n) is 7.17. The van der Waals surface area contributed by atoms with Crippen LogP contribution in [0.25, 0.3) is 0 Å². The number of aromatic nitrogens is 1. The Morgan fingerprint density at radius 2 is 1.83 bits per heavy atom. The summed E-state index contributed by atoms with van der Waals surface area (Å²) in [6, 6.07) is 19.6. The first-order valence-corrected chi connectivity index (χ1v) is 9.48. The lowest BCUT2D eigenvalue weighted by Crippen LogP contribution is -2.31. The number of hydrogen-bond acceptors (Lipinski definition) is 6. The Hall–Kier alpha value is -3.72. The van der Waals surface area contributed by atoms with Gasteiger partial charge < -0.3 is 14.9 Å². The van der Waals surface area contributed by atoms with Crippen LogP contribution in [0.4, 0.5) is 11.6 Å². The number of ether oxygens (including phenoxy) is 1. The summed E-state index contributed by atoms with van der Waals surface area (Å²) in [4.78, 5) is 6.36. The van der Waals surface area contributed by atoms with Crippen LogP contribution in [0.3, 0.4) is 0 Å². The fourth-order valence-corrected chi connectivity index (χ4v) is 3.59. The molecule has 0 amide bonds. The van der Waals surface area contributed by atoms with Crippen molar-refractivity contribution in [1.82, 2.24) is 4.98 Å². The number of oxazole rings is 1. The van der Waals surface area contributed by atoms with Gasteiger partial charge in [-0.2, -0.15) is 5.26 Å². The molecular formula is C23H22N4O2. The zero-order chi connectivity index (χ0) is 20.5. The summed E-state index contributed by atoms with van der Waals surface area (Å²) in [5.74, 6) is 1.78. The van der Waals surface area contributed by atoms with Crippen LogP contribution in [0.1, 0.15) is 36.9 Å². The molecule has 2 aromatic carbocycles. The molecule has 0 fully saturated rings. The van der Waals surface area contributed by atoms with Gasteiger partial charge in [0, 0.05) is 6.92 Å². The number of fused-ring (bicyclic) bond motifs is 1. The van der Waals surface area contributed by atoms with Gasteiger partial charge in [0.25, 0.3) is 0 Å². The van der Waals surface area contributed by atoms with Crippen molar-refractivity contribution in [1.29, 1.82) is 5.26 Å². The molecular weight excluding hydrogens is 364 g/mol. The molecule has 0 aliphatic carbocycles. The number of nitrogens with zero attached hydrogens (tertiary/aromatic N) is 3. The van der Waals surface area contributed by atoms with E-state index in [-0.39, 0.29) is 6.10 Å². The SMILES string of the molecule is Cc1nc2c(o1)N(c1ccccc1)C(N)=C(C#N)[C@H]2c1ccc(OC(C)C)cc1. The second-order valence-corrected chi connectivity index (χ2v) is 7.17. The van der Waals surface area contributed by atoms with E-state index in [2.05, 4.69) is 11.1 Å². The Morgan fingerprint density at radius 3 is 2.45 bits per heavy atom. The highest BCUT2D eigenvalue weighted by Crippen LogP contribution is 2.46. The number of rotatable bonds is 4. The van der Waals surface area contributed by atoms with Crippen LogP contribution >= 0.6 is 0 Å². The normalized spacial score (nSPS) is 16.0. The summed E-state index contributed by atoms with van der Waals surface area (Å²) >= 11 is 0. The van der Waals surface area contributed by atoms with Gasteiger partial charge in [0.05, 0.1) is 29.4 Å². The van der Waals surface area contributed by atoms with E-state index in [0.29, 0.717) is 28.9 Å². The Balaban J connectivity index is 1.85. The molecule has 4 rings (SSSR count). The molecule has 1 atom stereocenters. The maximum atomic E-state index is 9.97. The largest absolute Gasteiger partial charge is 0.491 e. The molecule has 6 heteroatoms. The number of aryl methyl sites for hydroxylation is 1. The lowest BCUT2D eigenvalue weighted by atomic mass is 9.86. The second kappa shape index (κ2) is 7.36. The highest BCUT2D eigenvalue weighted by Gasteiger charge is 2.38. The van der Waals surface area contributed by atoms with E-state index in [0.717, 1.165) is 17.0 Å². The minimum atomic E-state index is -0.402. The monoisotopic (exact) mass is 386 g/mol. The third kappa shape index (κ3) is 3.32. The number of allylic oxidation sites excluding steroid dienone is 1. The van der Waals surface area contributed by atoms with Gasteiger partial charge in [0.1, 0.15) is 17.3 Å². The molecule has 1 aromatic heterocycles. The van der Waals surface area contributed by atoms with Crippen molar-refractivity contribution < 1.29 is 9.15 Å². The van der Waals surface area contributed by atoms with Crippen molar-refractivity contribution in [3.63, 3.8) is 0 Å². The molecule has 0 saturated heterocycles. The quantitative estimate of drug-likeness (QED) is 0.696. The van der Waals surface area contributed by atoms with Gasteiger partial charge >= 0.3 is 0 Å². The van der Waals surface area contributed by atoms with Crippen LogP contribution in [0.15, 0.2) is 70.4 Å². The summed E-state index contributed by atoms with van der Waals surface area (Å²) in [6.07, 6.45) is 0.0879. The number of nitriles is 1. The smallest absolute Gasteiger partial charge is 0.230 e. The molecule has 146 valence electrons. The van der Waals surface area contributed by atoms with E-state index in [4.69, 9.17) is 14.9 Å². The minimum Gasteiger partial charge on any atom is -0.491 e. The first kappa shape index (κ1) is 18.6. The first-order valence-electron chi connectivity index (χ1n) is 9.48. The van der Waals surface area contributed by atoms with Crippen molar-refractivity contribution >= 4 is 11.6 Å². The first-order chi connectivity index (χ1) is 14.0. The third-order valence-corrected chi connectivity index (χ3v) is 4.74. The number of para-hydroxylation sites is 1. The summed E-state index contributed by atoms with van der Waals surface area (Å²) in [6.45, 7) is 5.75. The van der Waals surface area contributed by atoms with Gasteiger partial charge in [-0.25, -0.2) is 4.98 Å². The number of nitrogens with two attached hydrogens (primary N) is 1. The highest BCUT2D eigenvalue weighted by molar-refractivity contribution is 5.73.